The van der Waals surface area contributed by atoms with Gasteiger partial charge in [0.05, 0.1) is 19.8 Å². The lowest BCUT2D eigenvalue weighted by atomic mass is 10.0. The zero-order chi connectivity index (χ0) is 42.3. The van der Waals surface area contributed by atoms with Crippen molar-refractivity contribution < 1.29 is 32.8 Å². The summed E-state index contributed by atoms with van der Waals surface area (Å²) in [6, 6.07) is 0. The second-order valence-corrected chi connectivity index (χ2v) is 16.7. The molecule has 0 radical (unpaired) electrons. The molecule has 2 atom stereocenters. The predicted molar refractivity (Wildman–Crippen MR) is 247 cm³/mol. The number of esters is 1. The zero-order valence-corrected chi connectivity index (χ0v) is 38.2. The van der Waals surface area contributed by atoms with Crippen LogP contribution in [-0.2, 0) is 27.9 Å². The smallest absolute Gasteiger partial charge is 0.457 e. The Kier molecular flexibility index (Phi) is 44.4. The summed E-state index contributed by atoms with van der Waals surface area (Å²) in [4.78, 5) is 22.4. The average molecular weight is 834 g/mol. The maximum absolute atomic E-state index is 12.5. The maximum Gasteiger partial charge on any atom is 0.472 e. The van der Waals surface area contributed by atoms with Crippen LogP contribution in [0, 0.1) is 0 Å². The monoisotopic (exact) mass is 834 g/mol. The van der Waals surface area contributed by atoms with Crippen molar-refractivity contribution in [1.29, 1.82) is 0 Å². The Hall–Kier alpha value is -2.06. The second kappa shape index (κ2) is 46.0. The lowest BCUT2D eigenvalue weighted by Crippen LogP contribution is -2.28. The van der Waals surface area contributed by atoms with Gasteiger partial charge < -0.3 is 20.1 Å². The number of unbranched alkanes of at least 4 members (excludes halogenated alkanes) is 19. The van der Waals surface area contributed by atoms with Crippen molar-refractivity contribution in [2.75, 3.05) is 33.0 Å². The molecule has 0 spiro atoms. The molecule has 0 aromatic heterocycles. The van der Waals surface area contributed by atoms with E-state index in [-0.39, 0.29) is 32.8 Å². The largest absolute Gasteiger partial charge is 0.472 e. The fourth-order valence-corrected chi connectivity index (χ4v) is 6.98. The summed E-state index contributed by atoms with van der Waals surface area (Å²) in [5, 5.41) is 0. The summed E-state index contributed by atoms with van der Waals surface area (Å²) in [6.07, 6.45) is 58.2. The molecular weight excluding hydrogens is 746 g/mol. The van der Waals surface area contributed by atoms with Gasteiger partial charge in [-0.3, -0.25) is 13.8 Å². The lowest BCUT2D eigenvalue weighted by molar-refractivity contribution is -0.154. The minimum Gasteiger partial charge on any atom is -0.457 e. The number of phosphoric acid groups is 1. The fraction of sp³-hybridized carbons (Fsp3) is 0.735. The minimum absolute atomic E-state index is 0.0847. The van der Waals surface area contributed by atoms with Gasteiger partial charge in [0, 0.05) is 19.6 Å². The maximum atomic E-state index is 12.5. The van der Waals surface area contributed by atoms with E-state index in [1.807, 2.05) is 12.2 Å². The first kappa shape index (κ1) is 55.9. The van der Waals surface area contributed by atoms with Crippen LogP contribution in [-0.4, -0.2) is 49.9 Å². The van der Waals surface area contributed by atoms with Crippen molar-refractivity contribution in [1.82, 2.24) is 0 Å². The number of allylic oxidation sites excluding steroid dienone is 12. The Morgan fingerprint density at radius 1 is 0.534 bits per heavy atom. The van der Waals surface area contributed by atoms with E-state index in [4.69, 9.17) is 24.3 Å². The Morgan fingerprint density at radius 2 is 0.966 bits per heavy atom. The molecule has 8 nitrogen and oxygen atoms in total. The molecule has 0 aliphatic carbocycles. The van der Waals surface area contributed by atoms with Crippen LogP contribution < -0.4 is 5.73 Å². The first-order valence-corrected chi connectivity index (χ1v) is 24.9. The number of nitrogens with two attached hydrogens (primary N) is 1. The molecule has 0 saturated heterocycles. The number of hydrogen-bond acceptors (Lipinski definition) is 7. The Balaban J connectivity index is 3.95. The molecule has 0 saturated carbocycles. The van der Waals surface area contributed by atoms with Gasteiger partial charge in [0.15, 0.2) is 0 Å². The number of phosphoric ester groups is 1. The van der Waals surface area contributed by atoms with Crippen LogP contribution in [0.15, 0.2) is 72.9 Å². The molecule has 0 rings (SSSR count). The van der Waals surface area contributed by atoms with Crippen molar-refractivity contribution >= 4 is 13.8 Å². The van der Waals surface area contributed by atoms with Gasteiger partial charge in [-0.15, -0.1) is 0 Å². The van der Waals surface area contributed by atoms with Crippen LogP contribution in [0.4, 0.5) is 0 Å². The highest BCUT2D eigenvalue weighted by atomic mass is 31.2. The molecule has 0 fully saturated rings. The van der Waals surface area contributed by atoms with Crippen LogP contribution in [0.1, 0.15) is 194 Å². The number of rotatable bonds is 44. The summed E-state index contributed by atoms with van der Waals surface area (Å²) < 4.78 is 33.4. The van der Waals surface area contributed by atoms with E-state index in [1.54, 1.807) is 0 Å². The minimum atomic E-state index is -4.30. The number of carbonyl (C=O) groups excluding carboxylic acids is 1. The van der Waals surface area contributed by atoms with E-state index in [2.05, 4.69) is 74.6 Å². The quantitative estimate of drug-likeness (QED) is 0.0270. The van der Waals surface area contributed by atoms with Gasteiger partial charge in [0.1, 0.15) is 6.10 Å². The highest BCUT2D eigenvalue weighted by molar-refractivity contribution is 7.47. The van der Waals surface area contributed by atoms with Crippen LogP contribution in [0.3, 0.4) is 0 Å². The van der Waals surface area contributed by atoms with Gasteiger partial charge in [-0.1, -0.05) is 189 Å². The predicted octanol–water partition coefficient (Wildman–Crippen LogP) is 14.3. The zero-order valence-electron chi connectivity index (χ0n) is 37.3. The van der Waals surface area contributed by atoms with E-state index in [0.717, 1.165) is 44.9 Å². The van der Waals surface area contributed by atoms with Crippen molar-refractivity contribution in [3.8, 4) is 0 Å². The summed E-state index contributed by atoms with van der Waals surface area (Å²) in [5.41, 5.74) is 5.37. The van der Waals surface area contributed by atoms with Gasteiger partial charge in [-0.05, 0) is 70.6 Å². The van der Waals surface area contributed by atoms with Gasteiger partial charge >= 0.3 is 13.8 Å². The number of carbonyl (C=O) groups is 1. The number of ether oxygens (including phenoxy) is 2. The van der Waals surface area contributed by atoms with E-state index >= 15 is 0 Å². The third-order valence-corrected chi connectivity index (χ3v) is 10.6. The van der Waals surface area contributed by atoms with Crippen LogP contribution in [0.5, 0.6) is 0 Å². The molecule has 0 heterocycles. The topological polar surface area (TPSA) is 117 Å². The highest BCUT2D eigenvalue weighted by Gasteiger charge is 2.25. The van der Waals surface area contributed by atoms with Crippen molar-refractivity contribution in [3.05, 3.63) is 72.9 Å². The molecule has 336 valence electrons. The molecule has 3 N–H and O–H groups in total. The highest BCUT2D eigenvalue weighted by Crippen LogP contribution is 2.43. The second-order valence-electron chi connectivity index (χ2n) is 15.2. The molecule has 0 bridgehead atoms. The third-order valence-electron chi connectivity index (χ3n) is 9.62. The molecule has 9 heteroatoms. The lowest BCUT2D eigenvalue weighted by Gasteiger charge is -2.20. The summed E-state index contributed by atoms with van der Waals surface area (Å²) in [6.45, 7) is 4.69. The SMILES string of the molecule is CC/C=C\C/C=C\C/C=C\C/C=C\CCC(=O)OC(COCCCCCCCCCCCCCCCC/C=C\C/C=C\CCCCCCC)COP(=O)(O)OCCN. The first-order chi connectivity index (χ1) is 28.4. The molecule has 0 aromatic rings. The molecule has 0 amide bonds. The normalized spacial score (nSPS) is 14.1. The summed E-state index contributed by atoms with van der Waals surface area (Å²) >= 11 is 0. The van der Waals surface area contributed by atoms with Crippen molar-refractivity contribution in [2.45, 2.75) is 200 Å². The van der Waals surface area contributed by atoms with Crippen LogP contribution in [0.2, 0.25) is 0 Å². The van der Waals surface area contributed by atoms with E-state index < -0.39 is 19.9 Å². The molecule has 58 heavy (non-hydrogen) atoms. The molecular formula is C49H88NO7P. The molecule has 0 aliphatic heterocycles. The summed E-state index contributed by atoms with van der Waals surface area (Å²) in [7, 11) is -4.30. The Bertz CT molecular complexity index is 1120. The first-order valence-electron chi connectivity index (χ1n) is 23.4. The van der Waals surface area contributed by atoms with E-state index in [1.165, 1.54) is 122 Å². The van der Waals surface area contributed by atoms with Crippen LogP contribution in [0.25, 0.3) is 0 Å². The van der Waals surface area contributed by atoms with Gasteiger partial charge in [0.25, 0.3) is 0 Å². The van der Waals surface area contributed by atoms with E-state index in [0.29, 0.717) is 13.0 Å². The van der Waals surface area contributed by atoms with E-state index in [9.17, 15) is 14.3 Å². The van der Waals surface area contributed by atoms with Crippen molar-refractivity contribution in [3.63, 3.8) is 0 Å². The van der Waals surface area contributed by atoms with Gasteiger partial charge in [-0.25, -0.2) is 4.57 Å². The van der Waals surface area contributed by atoms with Crippen molar-refractivity contribution in [2.24, 2.45) is 5.73 Å². The average Bonchev–Trinajstić information content (AvgIpc) is 3.21. The number of hydrogen-bond donors (Lipinski definition) is 2. The Morgan fingerprint density at radius 3 is 1.45 bits per heavy atom. The van der Waals surface area contributed by atoms with Gasteiger partial charge in [-0.2, -0.15) is 0 Å². The molecule has 0 aliphatic rings. The Labute approximate surface area is 356 Å². The third kappa shape index (κ3) is 45.0. The fourth-order valence-electron chi connectivity index (χ4n) is 6.22. The van der Waals surface area contributed by atoms with Gasteiger partial charge in [0.2, 0.25) is 0 Å². The standard InChI is InChI=1S/C49H88NO7P/c1-3-5-7-9-11-13-15-17-18-19-20-21-22-23-24-25-26-27-28-29-31-33-35-37-39-41-44-54-46-48(47-56-58(52,53)55-45-43-50)57-49(51)42-40-38-36-34-32-30-16-14-12-10-8-6-4-2/h6,8,12,14-15,17,19-20,30,32,36,38,48H,3-5,7,9-11,13,16,18,21-29,31,33-35,37,39-47,50H2,1-2H3,(H,52,53)/b8-6-,14-12-,17-15-,20-19-,32-30-,38-36-. The molecule has 2 unspecified atom stereocenters. The summed E-state index contributed by atoms with van der Waals surface area (Å²) in [5.74, 6) is -0.410. The van der Waals surface area contributed by atoms with Crippen LogP contribution >= 0.6 is 7.82 Å². The molecule has 0 aromatic carbocycles.